The summed E-state index contributed by atoms with van der Waals surface area (Å²) in [5.41, 5.74) is 11.1. The number of hydrogen-bond donors (Lipinski definition) is 2. The Kier molecular flexibility index (Phi) is 8.20. The van der Waals surface area contributed by atoms with E-state index in [-0.39, 0.29) is 23.3 Å². The largest absolute Gasteiger partial charge is 0.384 e. The number of hydrogen-bond acceptors (Lipinski definition) is 10. The van der Waals surface area contributed by atoms with E-state index in [1.807, 2.05) is 24.3 Å². The standard InChI is InChI=1S/C30H27N7O2S2/c1-17(2)18-10-12-19(13-11-18)26-21(15-32)28(33)37(23-8-5-9-24(38)27(23)26)29-35-36-30(41-29)40-16-25(39)34-22-7-4-3-6-20(22)14-31/h3-4,6-7,10-13,17,26H,5,8-9,16,33H2,1-2H3,(H,34,39). The number of Topliss-reactive ketones (excluding diaryl/α,β-unsaturated/α-hetero) is 1. The van der Waals surface area contributed by atoms with Crippen molar-refractivity contribution in [1.82, 2.24) is 10.2 Å². The van der Waals surface area contributed by atoms with Crippen LogP contribution in [0.1, 0.15) is 61.6 Å². The minimum absolute atomic E-state index is 0.00266. The number of ketones is 1. The molecule has 2 aliphatic rings. The van der Waals surface area contributed by atoms with Gasteiger partial charge in [0.1, 0.15) is 11.9 Å². The number of para-hydroxylation sites is 1. The zero-order valence-corrected chi connectivity index (χ0v) is 24.2. The van der Waals surface area contributed by atoms with E-state index in [1.165, 1.54) is 28.7 Å². The Balaban J connectivity index is 1.42. The lowest BCUT2D eigenvalue weighted by molar-refractivity contribution is -0.116. The number of carbonyl (C=O) groups is 2. The van der Waals surface area contributed by atoms with Gasteiger partial charge in [-0.25, -0.2) is 0 Å². The third-order valence-electron chi connectivity index (χ3n) is 7.09. The van der Waals surface area contributed by atoms with Crippen LogP contribution in [0.4, 0.5) is 10.8 Å². The molecule has 0 fully saturated rings. The fraction of sp³-hybridized carbons (Fsp3) is 0.267. The molecule has 0 saturated carbocycles. The van der Waals surface area contributed by atoms with Crippen LogP contribution in [0.3, 0.4) is 0 Å². The van der Waals surface area contributed by atoms with Crippen LogP contribution in [0.15, 0.2) is 75.5 Å². The summed E-state index contributed by atoms with van der Waals surface area (Å²) in [5.74, 6) is -0.170. The first kappa shape index (κ1) is 28.1. The molecule has 1 amide bonds. The van der Waals surface area contributed by atoms with Gasteiger partial charge < -0.3 is 11.1 Å². The lowest BCUT2D eigenvalue weighted by atomic mass is 9.75. The summed E-state index contributed by atoms with van der Waals surface area (Å²) in [4.78, 5) is 27.6. The van der Waals surface area contributed by atoms with Crippen molar-refractivity contribution < 1.29 is 9.59 Å². The molecule has 0 spiro atoms. The molecule has 1 aliphatic carbocycles. The topological polar surface area (TPSA) is 149 Å². The maximum Gasteiger partial charge on any atom is 0.234 e. The van der Waals surface area contributed by atoms with Gasteiger partial charge in [-0.1, -0.05) is 73.3 Å². The van der Waals surface area contributed by atoms with Gasteiger partial charge in [-0.3, -0.25) is 14.5 Å². The van der Waals surface area contributed by atoms with E-state index in [0.29, 0.717) is 57.0 Å². The number of aromatic nitrogens is 2. The minimum atomic E-state index is -0.540. The average Bonchev–Trinajstić information content (AvgIpc) is 3.44. The predicted octanol–water partition coefficient (Wildman–Crippen LogP) is 5.57. The van der Waals surface area contributed by atoms with E-state index >= 15 is 0 Å². The van der Waals surface area contributed by atoms with Gasteiger partial charge in [0.05, 0.1) is 34.6 Å². The van der Waals surface area contributed by atoms with Crippen molar-refractivity contribution in [3.05, 3.63) is 87.9 Å². The molecule has 1 atom stereocenters. The zero-order valence-electron chi connectivity index (χ0n) is 22.5. The first-order chi connectivity index (χ1) is 19.8. The molecule has 2 heterocycles. The minimum Gasteiger partial charge on any atom is -0.384 e. The van der Waals surface area contributed by atoms with Crippen molar-refractivity contribution in [3.63, 3.8) is 0 Å². The highest BCUT2D eigenvalue weighted by Gasteiger charge is 2.41. The Labute approximate surface area is 246 Å². The Bertz CT molecular complexity index is 1660. The van der Waals surface area contributed by atoms with Gasteiger partial charge in [0.15, 0.2) is 10.1 Å². The van der Waals surface area contributed by atoms with Gasteiger partial charge in [-0.05, 0) is 42.0 Å². The van der Waals surface area contributed by atoms with Crippen molar-refractivity contribution in [1.29, 1.82) is 10.5 Å². The molecular weight excluding hydrogens is 555 g/mol. The van der Waals surface area contributed by atoms with Gasteiger partial charge in [0.25, 0.3) is 0 Å². The number of nitrogens with one attached hydrogen (secondary N) is 1. The van der Waals surface area contributed by atoms with Crippen LogP contribution in [0.5, 0.6) is 0 Å². The second-order valence-corrected chi connectivity index (χ2v) is 12.2. The lowest BCUT2D eigenvalue weighted by Crippen LogP contribution is -2.38. The molecule has 9 nitrogen and oxygen atoms in total. The van der Waals surface area contributed by atoms with Crippen LogP contribution < -0.4 is 16.0 Å². The summed E-state index contributed by atoms with van der Waals surface area (Å²) >= 11 is 2.44. The molecular formula is C30H27N7O2S2. The van der Waals surface area contributed by atoms with Crippen LogP contribution in [-0.2, 0) is 9.59 Å². The molecule has 1 aliphatic heterocycles. The summed E-state index contributed by atoms with van der Waals surface area (Å²) in [6.45, 7) is 4.23. The summed E-state index contributed by atoms with van der Waals surface area (Å²) in [6.07, 6.45) is 1.70. The van der Waals surface area contributed by atoms with Gasteiger partial charge in [0, 0.05) is 17.7 Å². The first-order valence-electron chi connectivity index (χ1n) is 13.1. The van der Waals surface area contributed by atoms with Crippen molar-refractivity contribution in [2.45, 2.75) is 49.3 Å². The number of thioether (sulfide) groups is 1. The molecule has 11 heteroatoms. The maximum absolute atomic E-state index is 13.4. The van der Waals surface area contributed by atoms with E-state index in [0.717, 1.165) is 11.3 Å². The summed E-state index contributed by atoms with van der Waals surface area (Å²) in [5, 5.41) is 31.2. The number of amides is 1. The fourth-order valence-electron chi connectivity index (χ4n) is 5.07. The molecule has 3 N–H and O–H groups in total. The lowest BCUT2D eigenvalue weighted by Gasteiger charge is -2.38. The molecule has 2 aromatic carbocycles. The molecule has 41 heavy (non-hydrogen) atoms. The van der Waals surface area contributed by atoms with Crippen molar-refractivity contribution in [3.8, 4) is 12.1 Å². The van der Waals surface area contributed by atoms with E-state index in [2.05, 4.69) is 41.5 Å². The van der Waals surface area contributed by atoms with Gasteiger partial charge in [-0.15, -0.1) is 10.2 Å². The Morgan fingerprint density at radius 3 is 2.61 bits per heavy atom. The number of nitriles is 2. The number of allylic oxidation sites excluding steroid dienone is 3. The molecule has 0 saturated heterocycles. The van der Waals surface area contributed by atoms with Gasteiger partial charge in [0.2, 0.25) is 11.0 Å². The second kappa shape index (κ2) is 12.0. The van der Waals surface area contributed by atoms with Crippen LogP contribution >= 0.6 is 23.1 Å². The number of benzene rings is 2. The van der Waals surface area contributed by atoms with E-state index in [1.54, 1.807) is 29.2 Å². The van der Waals surface area contributed by atoms with Gasteiger partial charge in [-0.2, -0.15) is 10.5 Å². The van der Waals surface area contributed by atoms with Crippen molar-refractivity contribution in [2.75, 3.05) is 16.0 Å². The second-order valence-electron chi connectivity index (χ2n) is 9.98. The highest BCUT2D eigenvalue weighted by atomic mass is 32.2. The molecule has 5 rings (SSSR count). The Morgan fingerprint density at radius 2 is 1.90 bits per heavy atom. The average molecular weight is 582 g/mol. The van der Waals surface area contributed by atoms with E-state index < -0.39 is 5.92 Å². The smallest absolute Gasteiger partial charge is 0.234 e. The van der Waals surface area contributed by atoms with Crippen LogP contribution in [0.25, 0.3) is 0 Å². The summed E-state index contributed by atoms with van der Waals surface area (Å²) in [6, 6.07) is 19.1. The molecule has 0 radical (unpaired) electrons. The van der Waals surface area contributed by atoms with Crippen LogP contribution in [-0.4, -0.2) is 27.6 Å². The number of nitrogens with zero attached hydrogens (tertiary/aromatic N) is 5. The van der Waals surface area contributed by atoms with Crippen LogP contribution in [0, 0.1) is 22.7 Å². The zero-order chi connectivity index (χ0) is 29.1. The number of rotatable bonds is 7. The molecule has 206 valence electrons. The first-order valence-corrected chi connectivity index (χ1v) is 14.9. The van der Waals surface area contributed by atoms with E-state index in [9.17, 15) is 20.1 Å². The number of nitrogens with two attached hydrogens (primary N) is 1. The SMILES string of the molecule is CC(C)c1ccc(C2C(C#N)=C(N)N(c3nnc(SCC(=O)Nc4ccccc4C#N)s3)C3=C2C(=O)CCC3)cc1. The van der Waals surface area contributed by atoms with Crippen molar-refractivity contribution >= 4 is 45.6 Å². The normalized spacial score (nSPS) is 16.9. The maximum atomic E-state index is 13.4. The molecule has 1 unspecified atom stereocenters. The Hall–Kier alpha value is -4.45. The van der Waals surface area contributed by atoms with Gasteiger partial charge >= 0.3 is 0 Å². The molecule has 3 aromatic rings. The number of carbonyl (C=O) groups excluding carboxylic acids is 2. The molecule has 0 bridgehead atoms. The number of anilines is 2. The summed E-state index contributed by atoms with van der Waals surface area (Å²) < 4.78 is 0.533. The fourth-order valence-corrected chi connectivity index (χ4v) is 6.75. The monoisotopic (exact) mass is 581 g/mol. The predicted molar refractivity (Wildman–Crippen MR) is 159 cm³/mol. The third kappa shape index (κ3) is 5.60. The van der Waals surface area contributed by atoms with Crippen molar-refractivity contribution in [2.24, 2.45) is 5.73 Å². The summed E-state index contributed by atoms with van der Waals surface area (Å²) in [7, 11) is 0. The highest BCUT2D eigenvalue weighted by Crippen LogP contribution is 2.47. The highest BCUT2D eigenvalue weighted by molar-refractivity contribution is 8.01. The third-order valence-corrected chi connectivity index (χ3v) is 9.13. The Morgan fingerprint density at radius 1 is 1.15 bits per heavy atom. The van der Waals surface area contributed by atoms with Crippen LogP contribution in [0.2, 0.25) is 0 Å². The van der Waals surface area contributed by atoms with E-state index in [4.69, 9.17) is 5.73 Å². The molecule has 1 aromatic heterocycles. The quantitative estimate of drug-likeness (QED) is 0.342.